The third-order valence-corrected chi connectivity index (χ3v) is 6.55. The normalized spacial score (nSPS) is 11.5. The van der Waals surface area contributed by atoms with E-state index in [0.717, 1.165) is 33.8 Å². The Bertz CT molecular complexity index is 1790. The quantitative estimate of drug-likeness (QED) is 0.278. The van der Waals surface area contributed by atoms with Gasteiger partial charge in [0.1, 0.15) is 5.82 Å². The number of nitrogens with zero attached hydrogens (tertiary/aromatic N) is 3. The van der Waals surface area contributed by atoms with Crippen LogP contribution in [-0.2, 0) is 0 Å². The Kier molecular flexibility index (Phi) is 4.15. The largest absolute Gasteiger partial charge is 0.317 e. The van der Waals surface area contributed by atoms with E-state index in [-0.39, 0.29) is 0 Å². The van der Waals surface area contributed by atoms with Crippen LogP contribution in [0.1, 0.15) is 0 Å². The highest BCUT2D eigenvalue weighted by molar-refractivity contribution is 6.13. The van der Waals surface area contributed by atoms with Gasteiger partial charge in [0.25, 0.3) is 0 Å². The van der Waals surface area contributed by atoms with Gasteiger partial charge >= 0.3 is 0 Å². The Morgan fingerprint density at radius 3 is 2.15 bits per heavy atom. The van der Waals surface area contributed by atoms with Crippen LogP contribution in [0.3, 0.4) is 0 Å². The topological polar surface area (TPSA) is 22.8 Å². The molecule has 3 aromatic heterocycles. The van der Waals surface area contributed by atoms with Crippen molar-refractivity contribution in [1.82, 2.24) is 14.1 Å². The van der Waals surface area contributed by atoms with Crippen LogP contribution < -0.4 is 0 Å². The molecule has 0 atom stereocenters. The van der Waals surface area contributed by atoms with Crippen molar-refractivity contribution in [3.05, 3.63) is 128 Å². The Morgan fingerprint density at radius 1 is 0.529 bits per heavy atom. The van der Waals surface area contributed by atoms with E-state index in [1.807, 2.05) is 6.07 Å². The molecule has 0 amide bonds. The first-order valence-electron chi connectivity index (χ1n) is 11.5. The van der Waals surface area contributed by atoms with Gasteiger partial charge in [0.2, 0.25) is 0 Å². The predicted molar refractivity (Wildman–Crippen MR) is 141 cm³/mol. The molecule has 3 heterocycles. The molecule has 0 aliphatic carbocycles. The molecule has 160 valence electrons. The first kappa shape index (κ1) is 18.9. The molecule has 0 aliphatic heterocycles. The lowest BCUT2D eigenvalue weighted by Crippen LogP contribution is -1.98. The molecule has 7 rings (SSSR count). The molecule has 0 unspecified atom stereocenters. The van der Waals surface area contributed by atoms with Crippen LogP contribution in [0.15, 0.2) is 128 Å². The summed E-state index contributed by atoms with van der Waals surface area (Å²) in [6.45, 7) is 0. The molecule has 0 bridgehead atoms. The molecule has 3 nitrogen and oxygen atoms in total. The molecule has 34 heavy (non-hydrogen) atoms. The van der Waals surface area contributed by atoms with Crippen LogP contribution >= 0.6 is 0 Å². The minimum atomic E-state index is 0.925. The van der Waals surface area contributed by atoms with Gasteiger partial charge in [0.15, 0.2) is 0 Å². The maximum Gasteiger partial charge on any atom is 0.138 e. The number of hydrogen-bond acceptors (Lipinski definition) is 1. The number of rotatable bonds is 3. The van der Waals surface area contributed by atoms with Crippen LogP contribution in [0.2, 0.25) is 0 Å². The molecule has 0 saturated carbocycles. The summed E-state index contributed by atoms with van der Waals surface area (Å²) in [5.74, 6) is 0.925. The van der Waals surface area contributed by atoms with Gasteiger partial charge in [-0.2, -0.15) is 0 Å². The van der Waals surface area contributed by atoms with Crippen LogP contribution in [0.5, 0.6) is 0 Å². The second kappa shape index (κ2) is 7.46. The second-order valence-corrected chi connectivity index (χ2v) is 8.55. The lowest BCUT2D eigenvalue weighted by atomic mass is 10.1. The summed E-state index contributed by atoms with van der Waals surface area (Å²) in [4.78, 5) is 5.08. The van der Waals surface area contributed by atoms with E-state index in [1.165, 1.54) is 21.7 Å². The fourth-order valence-electron chi connectivity index (χ4n) is 4.98. The van der Waals surface area contributed by atoms with Crippen LogP contribution in [0.4, 0.5) is 0 Å². The molecule has 0 aliphatic rings. The standard InChI is InChI=1S/C31H21N3/c1-3-10-22(11-4-1)27-15-9-17-31(32-27)34-28-16-8-7-14-25(28)26-21-29-23(20-30(26)34)18-19-33(29)24-12-5-2-6-13-24/h1-21H. The van der Waals surface area contributed by atoms with Gasteiger partial charge in [-0.05, 0) is 48.5 Å². The first-order valence-corrected chi connectivity index (χ1v) is 11.5. The zero-order valence-electron chi connectivity index (χ0n) is 18.5. The van der Waals surface area contributed by atoms with Crippen molar-refractivity contribution in [2.75, 3.05) is 0 Å². The van der Waals surface area contributed by atoms with E-state index in [9.17, 15) is 0 Å². The predicted octanol–water partition coefficient (Wildman–Crippen LogP) is 7.79. The average Bonchev–Trinajstić information content (AvgIpc) is 3.47. The van der Waals surface area contributed by atoms with Crippen molar-refractivity contribution in [2.24, 2.45) is 0 Å². The van der Waals surface area contributed by atoms with Gasteiger partial charge in [-0.25, -0.2) is 4.98 Å². The fraction of sp³-hybridized carbons (Fsp3) is 0. The highest BCUT2D eigenvalue weighted by atomic mass is 15.1. The molecule has 0 radical (unpaired) electrons. The Hall–Kier alpha value is -4.63. The van der Waals surface area contributed by atoms with Gasteiger partial charge in [0, 0.05) is 33.6 Å². The summed E-state index contributed by atoms with van der Waals surface area (Å²) in [7, 11) is 0. The minimum absolute atomic E-state index is 0.925. The second-order valence-electron chi connectivity index (χ2n) is 8.55. The van der Waals surface area contributed by atoms with Gasteiger partial charge in [-0.1, -0.05) is 72.8 Å². The molecule has 0 spiro atoms. The third-order valence-electron chi connectivity index (χ3n) is 6.55. The molecular weight excluding hydrogens is 414 g/mol. The van der Waals surface area contributed by atoms with E-state index in [1.54, 1.807) is 0 Å². The number of aromatic nitrogens is 3. The summed E-state index contributed by atoms with van der Waals surface area (Å²) >= 11 is 0. The average molecular weight is 436 g/mol. The van der Waals surface area contributed by atoms with E-state index in [4.69, 9.17) is 4.98 Å². The van der Waals surface area contributed by atoms with Crippen LogP contribution in [0, 0.1) is 0 Å². The lowest BCUT2D eigenvalue weighted by molar-refractivity contribution is 1.08. The van der Waals surface area contributed by atoms with Gasteiger partial charge in [-0.3, -0.25) is 4.57 Å². The van der Waals surface area contributed by atoms with Crippen molar-refractivity contribution >= 4 is 32.7 Å². The molecular formula is C31H21N3. The van der Waals surface area contributed by atoms with Crippen molar-refractivity contribution in [3.63, 3.8) is 0 Å². The SMILES string of the molecule is c1ccc(-c2cccc(-n3c4ccccc4c4cc5c(ccn5-c5ccccc5)cc43)n2)cc1. The summed E-state index contributed by atoms with van der Waals surface area (Å²) in [6, 6.07) is 42.5. The number of fused-ring (bicyclic) bond motifs is 4. The molecule has 0 fully saturated rings. The number of hydrogen-bond donors (Lipinski definition) is 0. The van der Waals surface area contributed by atoms with Crippen LogP contribution in [0.25, 0.3) is 55.5 Å². The highest BCUT2D eigenvalue weighted by Gasteiger charge is 2.16. The smallest absolute Gasteiger partial charge is 0.138 e. The number of pyridine rings is 1. The monoisotopic (exact) mass is 435 g/mol. The van der Waals surface area contributed by atoms with Crippen molar-refractivity contribution in [1.29, 1.82) is 0 Å². The van der Waals surface area contributed by atoms with Gasteiger partial charge in [-0.15, -0.1) is 0 Å². The zero-order chi connectivity index (χ0) is 22.5. The minimum Gasteiger partial charge on any atom is -0.317 e. The Labute approximate surface area is 197 Å². The third kappa shape index (κ3) is 2.87. The Morgan fingerprint density at radius 2 is 1.29 bits per heavy atom. The van der Waals surface area contributed by atoms with E-state index >= 15 is 0 Å². The van der Waals surface area contributed by atoms with Crippen molar-refractivity contribution in [3.8, 4) is 22.8 Å². The Balaban J connectivity index is 1.51. The maximum atomic E-state index is 5.08. The zero-order valence-corrected chi connectivity index (χ0v) is 18.5. The van der Waals surface area contributed by atoms with Crippen molar-refractivity contribution < 1.29 is 0 Å². The summed E-state index contributed by atoms with van der Waals surface area (Å²) in [5, 5.41) is 3.66. The van der Waals surface area contributed by atoms with Gasteiger partial charge in [0.05, 0.1) is 22.2 Å². The molecule has 3 heteroatoms. The lowest BCUT2D eigenvalue weighted by Gasteiger charge is -2.10. The highest BCUT2D eigenvalue weighted by Crippen LogP contribution is 2.35. The molecule has 7 aromatic rings. The molecule has 0 N–H and O–H groups in total. The summed E-state index contributed by atoms with van der Waals surface area (Å²) < 4.78 is 4.55. The molecule has 0 saturated heterocycles. The van der Waals surface area contributed by atoms with E-state index in [2.05, 4.69) is 131 Å². The summed E-state index contributed by atoms with van der Waals surface area (Å²) in [5.41, 5.74) is 6.78. The fourth-order valence-corrected chi connectivity index (χ4v) is 4.98. The van der Waals surface area contributed by atoms with Crippen LogP contribution in [-0.4, -0.2) is 14.1 Å². The number of para-hydroxylation sites is 2. The number of benzene rings is 4. The van der Waals surface area contributed by atoms with Crippen molar-refractivity contribution in [2.45, 2.75) is 0 Å². The summed E-state index contributed by atoms with van der Waals surface area (Å²) in [6.07, 6.45) is 2.15. The molecule has 4 aromatic carbocycles. The van der Waals surface area contributed by atoms with E-state index < -0.39 is 0 Å². The first-order chi connectivity index (χ1) is 16.9. The maximum absolute atomic E-state index is 5.08. The van der Waals surface area contributed by atoms with Gasteiger partial charge < -0.3 is 4.57 Å². The van der Waals surface area contributed by atoms with E-state index in [0.29, 0.717) is 0 Å².